The Labute approximate surface area is 162 Å². The van der Waals surface area contributed by atoms with Gasteiger partial charge in [-0.15, -0.1) is 0 Å². The van der Waals surface area contributed by atoms with E-state index >= 15 is 0 Å². The molecule has 6 nitrogen and oxygen atoms in total. The van der Waals surface area contributed by atoms with Crippen molar-refractivity contribution in [3.05, 3.63) is 53.6 Å². The number of hydrogen-bond donors (Lipinski definition) is 1. The van der Waals surface area contributed by atoms with Crippen LogP contribution in [0.1, 0.15) is 25.0 Å². The van der Waals surface area contributed by atoms with Crippen LogP contribution in [0, 0.1) is 0 Å². The second-order valence-electron chi connectivity index (χ2n) is 6.58. The van der Waals surface area contributed by atoms with E-state index in [2.05, 4.69) is 5.32 Å². The van der Waals surface area contributed by atoms with Gasteiger partial charge in [0.05, 0.1) is 19.1 Å². The van der Waals surface area contributed by atoms with Crippen LogP contribution >= 0.6 is 0 Å². The number of hydrogen-bond acceptors (Lipinski definition) is 5. The van der Waals surface area contributed by atoms with Gasteiger partial charge in [-0.3, -0.25) is 0 Å². The summed E-state index contributed by atoms with van der Waals surface area (Å²) in [5, 5.41) is 3.35. The lowest BCUT2D eigenvalue weighted by atomic mass is 10.2. The van der Waals surface area contributed by atoms with Crippen LogP contribution in [-0.4, -0.2) is 40.0 Å². The number of nitrogens with zero attached hydrogens (tertiary/aromatic N) is 1. The van der Waals surface area contributed by atoms with Crippen molar-refractivity contribution < 1.29 is 17.9 Å². The van der Waals surface area contributed by atoms with Crippen molar-refractivity contribution in [3.63, 3.8) is 0 Å². The lowest BCUT2D eigenvalue weighted by molar-refractivity contribution is 0.393. The Hall–Kier alpha value is -2.09. The molecule has 0 aliphatic rings. The molecule has 0 amide bonds. The lowest BCUT2D eigenvalue weighted by Gasteiger charge is -2.21. The van der Waals surface area contributed by atoms with E-state index in [9.17, 15) is 8.42 Å². The first-order chi connectivity index (χ1) is 12.8. The molecular formula is C20H28N2O4S. The van der Waals surface area contributed by atoms with Crippen molar-refractivity contribution in [1.82, 2.24) is 9.62 Å². The zero-order chi connectivity index (χ0) is 20.0. The number of nitrogens with one attached hydrogen (secondary N) is 1. The minimum absolute atomic E-state index is 0.0869. The molecule has 0 aromatic heterocycles. The van der Waals surface area contributed by atoms with E-state index in [0.29, 0.717) is 18.0 Å². The summed E-state index contributed by atoms with van der Waals surface area (Å²) in [7, 11) is 1.39. The zero-order valence-electron chi connectivity index (χ0n) is 16.5. The van der Waals surface area contributed by atoms with E-state index in [1.54, 1.807) is 33.4 Å². The highest BCUT2D eigenvalue weighted by Gasteiger charge is 2.22. The first-order valence-electron chi connectivity index (χ1n) is 8.77. The average Bonchev–Trinajstić information content (AvgIpc) is 2.67. The van der Waals surface area contributed by atoms with Crippen molar-refractivity contribution in [2.24, 2.45) is 0 Å². The molecule has 0 saturated heterocycles. The number of rotatable bonds is 9. The summed E-state index contributed by atoms with van der Waals surface area (Å²) >= 11 is 0. The molecule has 0 heterocycles. The largest absolute Gasteiger partial charge is 0.497 e. The van der Waals surface area contributed by atoms with Gasteiger partial charge in [0.15, 0.2) is 0 Å². The maximum atomic E-state index is 12.5. The Balaban J connectivity index is 2.00. The number of methoxy groups -OCH3 is 2. The summed E-state index contributed by atoms with van der Waals surface area (Å²) < 4.78 is 36.9. The van der Waals surface area contributed by atoms with Gasteiger partial charge in [-0.25, -0.2) is 8.42 Å². The first kappa shape index (κ1) is 21.2. The van der Waals surface area contributed by atoms with Crippen molar-refractivity contribution in [2.45, 2.75) is 37.9 Å². The monoisotopic (exact) mass is 392 g/mol. The SMILES string of the molecule is COc1cc(CNCc2ccc(S(=O)(=O)N(C)C(C)C)cc2)cc(OC)c1. The Morgan fingerprint density at radius 2 is 1.44 bits per heavy atom. The average molecular weight is 393 g/mol. The highest BCUT2D eigenvalue weighted by atomic mass is 32.2. The predicted octanol–water partition coefficient (Wildman–Crippen LogP) is 3.02. The van der Waals surface area contributed by atoms with E-state index in [-0.39, 0.29) is 6.04 Å². The Morgan fingerprint density at radius 3 is 1.93 bits per heavy atom. The van der Waals surface area contributed by atoms with Crippen LogP contribution in [0.15, 0.2) is 47.4 Å². The standard InChI is InChI=1S/C20H28N2O4S/c1-15(2)22(3)27(23,24)20-8-6-16(7-9-20)13-21-14-17-10-18(25-4)12-19(11-17)26-5/h6-12,15,21H,13-14H2,1-5H3. The van der Waals surface area contributed by atoms with Gasteiger partial charge in [-0.2, -0.15) is 4.31 Å². The lowest BCUT2D eigenvalue weighted by Crippen LogP contribution is -2.33. The summed E-state index contributed by atoms with van der Waals surface area (Å²) in [4.78, 5) is 0.306. The second kappa shape index (κ2) is 9.21. The minimum Gasteiger partial charge on any atom is -0.497 e. The molecule has 0 fully saturated rings. The van der Waals surface area contributed by atoms with Crippen LogP contribution in [0.2, 0.25) is 0 Å². The number of sulfonamides is 1. The zero-order valence-corrected chi connectivity index (χ0v) is 17.3. The third kappa shape index (κ3) is 5.45. The fourth-order valence-electron chi connectivity index (χ4n) is 2.54. The van der Waals surface area contributed by atoms with Gasteiger partial charge >= 0.3 is 0 Å². The van der Waals surface area contributed by atoms with Crippen molar-refractivity contribution in [1.29, 1.82) is 0 Å². The van der Waals surface area contributed by atoms with Crippen LogP contribution in [0.5, 0.6) is 11.5 Å². The Morgan fingerprint density at radius 1 is 0.926 bits per heavy atom. The molecule has 1 N–H and O–H groups in total. The highest BCUT2D eigenvalue weighted by Crippen LogP contribution is 2.22. The molecule has 148 valence electrons. The van der Waals surface area contributed by atoms with Crippen LogP contribution in [0.25, 0.3) is 0 Å². The molecule has 0 bridgehead atoms. The molecule has 0 saturated carbocycles. The quantitative estimate of drug-likeness (QED) is 0.710. The third-order valence-corrected chi connectivity index (χ3v) is 6.44. The maximum absolute atomic E-state index is 12.5. The van der Waals surface area contributed by atoms with E-state index in [1.807, 2.05) is 44.2 Å². The maximum Gasteiger partial charge on any atom is 0.243 e. The van der Waals surface area contributed by atoms with Gasteiger partial charge < -0.3 is 14.8 Å². The van der Waals surface area contributed by atoms with Crippen LogP contribution < -0.4 is 14.8 Å². The van der Waals surface area contributed by atoms with Gasteiger partial charge in [0.25, 0.3) is 0 Å². The molecule has 0 atom stereocenters. The molecule has 0 unspecified atom stereocenters. The molecular weight excluding hydrogens is 364 g/mol. The molecule has 27 heavy (non-hydrogen) atoms. The third-order valence-electron chi connectivity index (χ3n) is 4.40. The number of benzene rings is 2. The Bertz CT molecular complexity index is 827. The first-order valence-corrected chi connectivity index (χ1v) is 10.2. The molecule has 2 aromatic rings. The fourth-order valence-corrected chi connectivity index (χ4v) is 3.91. The van der Waals surface area contributed by atoms with Gasteiger partial charge in [0, 0.05) is 32.2 Å². The molecule has 2 aromatic carbocycles. The smallest absolute Gasteiger partial charge is 0.243 e. The second-order valence-corrected chi connectivity index (χ2v) is 8.58. The summed E-state index contributed by atoms with van der Waals surface area (Å²) in [5.41, 5.74) is 2.06. The van der Waals surface area contributed by atoms with Crippen LogP contribution in [-0.2, 0) is 23.1 Å². The fraction of sp³-hybridized carbons (Fsp3) is 0.400. The van der Waals surface area contributed by atoms with Crippen LogP contribution in [0.3, 0.4) is 0 Å². The van der Waals surface area contributed by atoms with E-state index in [1.165, 1.54) is 4.31 Å². The molecule has 0 aliphatic heterocycles. The summed E-state index contributed by atoms with van der Waals surface area (Å²) in [6, 6.07) is 12.6. The molecule has 0 spiro atoms. The van der Waals surface area contributed by atoms with Crippen LogP contribution in [0.4, 0.5) is 0 Å². The van der Waals surface area contributed by atoms with Crippen molar-refractivity contribution in [3.8, 4) is 11.5 Å². The van der Waals surface area contributed by atoms with Crippen molar-refractivity contribution >= 4 is 10.0 Å². The normalized spacial score (nSPS) is 11.8. The molecule has 0 aliphatic carbocycles. The van der Waals surface area contributed by atoms with Crippen molar-refractivity contribution in [2.75, 3.05) is 21.3 Å². The molecule has 7 heteroatoms. The van der Waals surface area contributed by atoms with E-state index in [0.717, 1.165) is 22.6 Å². The minimum atomic E-state index is -3.45. The molecule has 2 rings (SSSR count). The summed E-state index contributed by atoms with van der Waals surface area (Å²) in [6.07, 6.45) is 0. The van der Waals surface area contributed by atoms with Gasteiger partial charge in [-0.05, 0) is 49.2 Å². The molecule has 0 radical (unpaired) electrons. The van der Waals surface area contributed by atoms with Gasteiger partial charge in [0.1, 0.15) is 11.5 Å². The van der Waals surface area contributed by atoms with Gasteiger partial charge in [0.2, 0.25) is 10.0 Å². The summed E-state index contributed by atoms with van der Waals surface area (Å²) in [6.45, 7) is 4.97. The summed E-state index contributed by atoms with van der Waals surface area (Å²) in [5.74, 6) is 1.49. The topological polar surface area (TPSA) is 67.9 Å². The number of ether oxygens (including phenoxy) is 2. The van der Waals surface area contributed by atoms with Gasteiger partial charge in [-0.1, -0.05) is 12.1 Å². The highest BCUT2D eigenvalue weighted by molar-refractivity contribution is 7.89. The van der Waals surface area contributed by atoms with E-state index in [4.69, 9.17) is 9.47 Å². The van der Waals surface area contributed by atoms with E-state index < -0.39 is 10.0 Å². The predicted molar refractivity (Wildman–Crippen MR) is 107 cm³/mol. The Kier molecular flexibility index (Phi) is 7.24.